The maximum absolute atomic E-state index is 12.3. The smallest absolute Gasteiger partial charge is 0.179 e. The van der Waals surface area contributed by atoms with Crippen LogP contribution >= 0.6 is 0 Å². The molecular formula is C17H22N4O2S. The number of rotatable bonds is 6. The van der Waals surface area contributed by atoms with Crippen LogP contribution in [0.25, 0.3) is 0 Å². The summed E-state index contributed by atoms with van der Waals surface area (Å²) in [6, 6.07) is 12.7. The number of hydrogen-bond donors (Lipinski definition) is 1. The average molecular weight is 346 g/mol. The van der Waals surface area contributed by atoms with Gasteiger partial charge in [0.15, 0.2) is 15.7 Å². The van der Waals surface area contributed by atoms with Gasteiger partial charge in [-0.3, -0.25) is 0 Å². The van der Waals surface area contributed by atoms with E-state index in [1.54, 1.807) is 30.5 Å². The molecule has 0 radical (unpaired) electrons. The molecule has 0 saturated carbocycles. The van der Waals surface area contributed by atoms with Crippen molar-refractivity contribution in [1.82, 2.24) is 15.5 Å². The zero-order chi connectivity index (χ0) is 16.8. The molecule has 0 amide bonds. The van der Waals surface area contributed by atoms with Crippen LogP contribution < -0.4 is 10.2 Å². The molecule has 1 N–H and O–H groups in total. The fraction of sp³-hybridized carbons (Fsp3) is 0.412. The molecule has 2 aromatic rings. The Morgan fingerprint density at radius 3 is 2.75 bits per heavy atom. The Kier molecular flexibility index (Phi) is 5.42. The number of hydrogen-bond acceptors (Lipinski definition) is 6. The van der Waals surface area contributed by atoms with Crippen LogP contribution in [0.5, 0.6) is 0 Å². The zero-order valence-corrected chi connectivity index (χ0v) is 14.3. The molecule has 1 aliphatic heterocycles. The van der Waals surface area contributed by atoms with E-state index in [4.69, 9.17) is 0 Å². The van der Waals surface area contributed by atoms with Gasteiger partial charge in [0, 0.05) is 31.9 Å². The minimum Gasteiger partial charge on any atom is -0.354 e. The van der Waals surface area contributed by atoms with E-state index in [0.29, 0.717) is 11.4 Å². The second-order valence-corrected chi connectivity index (χ2v) is 8.06. The second kappa shape index (κ2) is 7.72. The third kappa shape index (κ3) is 4.30. The highest BCUT2D eigenvalue weighted by Crippen LogP contribution is 2.17. The van der Waals surface area contributed by atoms with Crippen molar-refractivity contribution in [1.29, 1.82) is 0 Å². The fourth-order valence-electron chi connectivity index (χ4n) is 2.96. The lowest BCUT2D eigenvalue weighted by Gasteiger charge is -2.33. The summed E-state index contributed by atoms with van der Waals surface area (Å²) in [5.74, 6) is 0.986. The Bertz CT molecular complexity index is 738. The number of benzene rings is 1. The lowest BCUT2D eigenvalue weighted by molar-refractivity contribution is 0.428. The molecule has 1 saturated heterocycles. The predicted octanol–water partition coefficient (Wildman–Crippen LogP) is 1.51. The zero-order valence-electron chi connectivity index (χ0n) is 13.5. The van der Waals surface area contributed by atoms with Gasteiger partial charge in [0.05, 0.1) is 10.6 Å². The summed E-state index contributed by atoms with van der Waals surface area (Å²) < 4.78 is 24.6. The predicted molar refractivity (Wildman–Crippen MR) is 93.8 cm³/mol. The summed E-state index contributed by atoms with van der Waals surface area (Å²) >= 11 is 0. The Labute approximate surface area is 142 Å². The van der Waals surface area contributed by atoms with Gasteiger partial charge >= 0.3 is 0 Å². The maximum atomic E-state index is 12.3. The number of anilines is 1. The summed E-state index contributed by atoms with van der Waals surface area (Å²) in [5, 5.41) is 11.4. The molecule has 0 bridgehead atoms. The molecule has 1 atom stereocenters. The van der Waals surface area contributed by atoms with Crippen LogP contribution in [-0.2, 0) is 9.84 Å². The maximum Gasteiger partial charge on any atom is 0.179 e. The molecule has 0 aliphatic carbocycles. The van der Waals surface area contributed by atoms with E-state index in [-0.39, 0.29) is 11.8 Å². The number of sulfone groups is 1. The minimum absolute atomic E-state index is 0.110. The molecule has 1 unspecified atom stereocenters. The Morgan fingerprint density at radius 1 is 1.17 bits per heavy atom. The van der Waals surface area contributed by atoms with Gasteiger partial charge in [0.25, 0.3) is 0 Å². The topological polar surface area (TPSA) is 75.2 Å². The number of nitrogens with one attached hydrogen (secondary N) is 1. The molecule has 1 fully saturated rings. The molecule has 6 nitrogen and oxygen atoms in total. The van der Waals surface area contributed by atoms with Gasteiger partial charge in [-0.2, -0.15) is 5.10 Å². The van der Waals surface area contributed by atoms with Crippen LogP contribution in [0, 0.1) is 0 Å². The number of aromatic nitrogens is 2. The van der Waals surface area contributed by atoms with Crippen LogP contribution in [0.1, 0.15) is 12.8 Å². The summed E-state index contributed by atoms with van der Waals surface area (Å²) in [6.45, 7) is 2.24. The van der Waals surface area contributed by atoms with Gasteiger partial charge in [-0.15, -0.1) is 5.10 Å². The molecule has 0 spiro atoms. The first kappa shape index (κ1) is 16.9. The normalized spacial score (nSPS) is 18.5. The summed E-state index contributed by atoms with van der Waals surface area (Å²) in [5.41, 5.74) is 0. The number of nitrogens with zero attached hydrogens (tertiary/aromatic N) is 3. The summed E-state index contributed by atoms with van der Waals surface area (Å²) in [6.07, 6.45) is 3.76. The molecule has 2 heterocycles. The van der Waals surface area contributed by atoms with Crippen molar-refractivity contribution in [3.8, 4) is 0 Å². The van der Waals surface area contributed by atoms with E-state index in [2.05, 4.69) is 20.4 Å². The van der Waals surface area contributed by atoms with E-state index in [0.717, 1.165) is 31.7 Å². The van der Waals surface area contributed by atoms with Gasteiger partial charge in [0.2, 0.25) is 0 Å². The Morgan fingerprint density at radius 2 is 2.00 bits per heavy atom. The standard InChI is InChI=1S/C17H22N4O2S/c22-24(23,16-7-2-1-3-8-16)13-11-18-15-6-5-12-21(14-15)17-9-4-10-19-20-17/h1-4,7-10,15,18H,5-6,11-14H2. The summed E-state index contributed by atoms with van der Waals surface area (Å²) in [4.78, 5) is 2.58. The van der Waals surface area contributed by atoms with Crippen LogP contribution in [0.3, 0.4) is 0 Å². The molecule has 1 aliphatic rings. The monoisotopic (exact) mass is 346 g/mol. The first-order chi connectivity index (χ1) is 11.6. The van der Waals surface area contributed by atoms with Crippen LogP contribution in [0.2, 0.25) is 0 Å². The SMILES string of the molecule is O=S(=O)(CCNC1CCCN(c2cccnn2)C1)c1ccccc1. The van der Waals surface area contributed by atoms with Gasteiger partial charge in [-0.05, 0) is 37.1 Å². The van der Waals surface area contributed by atoms with E-state index in [9.17, 15) is 8.42 Å². The van der Waals surface area contributed by atoms with Crippen molar-refractivity contribution in [2.75, 3.05) is 30.3 Å². The first-order valence-corrected chi connectivity index (χ1v) is 9.84. The van der Waals surface area contributed by atoms with E-state index < -0.39 is 9.84 Å². The second-order valence-electron chi connectivity index (χ2n) is 5.95. The van der Waals surface area contributed by atoms with Crippen LogP contribution in [0.4, 0.5) is 5.82 Å². The molecular weight excluding hydrogens is 324 g/mol. The third-order valence-electron chi connectivity index (χ3n) is 4.21. The van der Waals surface area contributed by atoms with Crippen molar-refractivity contribution in [2.45, 2.75) is 23.8 Å². The minimum atomic E-state index is -3.23. The van der Waals surface area contributed by atoms with E-state index in [1.165, 1.54) is 0 Å². The molecule has 24 heavy (non-hydrogen) atoms. The van der Waals surface area contributed by atoms with Crippen molar-refractivity contribution in [3.05, 3.63) is 48.7 Å². The average Bonchev–Trinajstić information content (AvgIpc) is 2.63. The quantitative estimate of drug-likeness (QED) is 0.854. The van der Waals surface area contributed by atoms with Crippen molar-refractivity contribution >= 4 is 15.7 Å². The van der Waals surface area contributed by atoms with Crippen LogP contribution in [-0.4, -0.2) is 50.0 Å². The van der Waals surface area contributed by atoms with E-state index >= 15 is 0 Å². The van der Waals surface area contributed by atoms with Crippen molar-refractivity contribution in [2.24, 2.45) is 0 Å². The third-order valence-corrected chi connectivity index (χ3v) is 5.94. The van der Waals surface area contributed by atoms with Crippen molar-refractivity contribution in [3.63, 3.8) is 0 Å². The lowest BCUT2D eigenvalue weighted by Crippen LogP contribution is -2.47. The molecule has 1 aromatic heterocycles. The van der Waals surface area contributed by atoms with Gasteiger partial charge in [-0.25, -0.2) is 8.42 Å². The first-order valence-electron chi connectivity index (χ1n) is 8.19. The highest BCUT2D eigenvalue weighted by atomic mass is 32.2. The van der Waals surface area contributed by atoms with Crippen molar-refractivity contribution < 1.29 is 8.42 Å². The Hall–Kier alpha value is -1.99. The van der Waals surface area contributed by atoms with Gasteiger partial charge in [-0.1, -0.05) is 18.2 Å². The lowest BCUT2D eigenvalue weighted by atomic mass is 10.1. The fourth-order valence-corrected chi connectivity index (χ4v) is 4.15. The largest absolute Gasteiger partial charge is 0.354 e. The molecule has 3 rings (SSSR count). The highest BCUT2D eigenvalue weighted by Gasteiger charge is 2.21. The van der Waals surface area contributed by atoms with Gasteiger partial charge < -0.3 is 10.2 Å². The highest BCUT2D eigenvalue weighted by molar-refractivity contribution is 7.91. The van der Waals surface area contributed by atoms with E-state index in [1.807, 2.05) is 18.2 Å². The summed E-state index contributed by atoms with van der Waals surface area (Å²) in [7, 11) is -3.23. The van der Waals surface area contributed by atoms with Crippen LogP contribution in [0.15, 0.2) is 53.6 Å². The molecule has 128 valence electrons. The Balaban J connectivity index is 1.52. The van der Waals surface area contributed by atoms with Gasteiger partial charge in [0.1, 0.15) is 0 Å². The molecule has 1 aromatic carbocycles. The molecule has 7 heteroatoms. The number of piperidine rings is 1.